The fourth-order valence-corrected chi connectivity index (χ4v) is 1.25. The molecule has 0 saturated carbocycles. The molecule has 0 rings (SSSR count). The monoisotopic (exact) mass is 276 g/mol. The van der Waals surface area contributed by atoms with Crippen molar-refractivity contribution in [2.45, 2.75) is 53.0 Å². The molecule has 19 heavy (non-hydrogen) atoms. The third-order valence-electron chi connectivity index (χ3n) is 3.04. The number of nitrogens with zero attached hydrogens (tertiary/aromatic N) is 3. The summed E-state index contributed by atoms with van der Waals surface area (Å²) in [5.74, 6) is 0. The molecular weight excluding hydrogens is 246 g/mol. The van der Waals surface area contributed by atoms with Crippen molar-refractivity contribution in [3.05, 3.63) is 0 Å². The molecule has 0 radical (unpaired) electrons. The van der Waals surface area contributed by atoms with Gasteiger partial charge in [0, 0.05) is 6.61 Å². The summed E-state index contributed by atoms with van der Waals surface area (Å²) in [5.41, 5.74) is -0.172. The topological polar surface area (TPSA) is 57.3 Å². The molecule has 0 aromatic carbocycles. The van der Waals surface area contributed by atoms with Crippen LogP contribution in [0.15, 0.2) is 5.28 Å². The van der Waals surface area contributed by atoms with Crippen molar-refractivity contribution in [3.8, 4) is 0 Å². The lowest BCUT2D eigenvalue weighted by Gasteiger charge is -2.23. The minimum absolute atomic E-state index is 0.0630. The van der Waals surface area contributed by atoms with Crippen LogP contribution in [0.5, 0.6) is 0 Å². The summed E-state index contributed by atoms with van der Waals surface area (Å²) in [7, 11) is 3.43. The predicted molar refractivity (Wildman–Crippen MR) is 73.3 cm³/mol. The maximum absolute atomic E-state index is 9.14. The Morgan fingerprint density at radius 2 is 1.79 bits per heavy atom. The summed E-state index contributed by atoms with van der Waals surface area (Å²) in [5, 5.41) is 14.9. The van der Waals surface area contributed by atoms with E-state index in [4.69, 9.17) is 14.8 Å². The molecule has 0 aliphatic carbocycles. The molecule has 0 heterocycles. The molecule has 0 aromatic heterocycles. The van der Waals surface area contributed by atoms with Crippen LogP contribution in [-0.4, -0.2) is 48.0 Å². The summed E-state index contributed by atoms with van der Waals surface area (Å²) >= 11 is 0. The smallest absolute Gasteiger partial charge is 0.274 e. The van der Waals surface area contributed by atoms with Crippen molar-refractivity contribution < 1.29 is 19.8 Å². The van der Waals surface area contributed by atoms with Gasteiger partial charge in [0.2, 0.25) is 0 Å². The van der Waals surface area contributed by atoms with E-state index in [2.05, 4.69) is 26.0 Å². The van der Waals surface area contributed by atoms with Crippen molar-refractivity contribution in [2.75, 3.05) is 27.4 Å². The highest BCUT2D eigenvalue weighted by atomic mass is 16.8. The Kier molecular flexibility index (Phi) is 7.11. The number of hydrogen-bond acceptors (Lipinski definition) is 4. The predicted octanol–water partition coefficient (Wildman–Crippen LogP) is 2.39. The van der Waals surface area contributed by atoms with Crippen molar-refractivity contribution in [2.24, 2.45) is 10.7 Å². The average molecular weight is 276 g/mol. The van der Waals surface area contributed by atoms with Gasteiger partial charge in [0.1, 0.15) is 6.61 Å². The largest absolute Gasteiger partial charge is 0.396 e. The van der Waals surface area contributed by atoms with Crippen molar-refractivity contribution in [1.29, 1.82) is 0 Å². The zero-order valence-corrected chi connectivity index (χ0v) is 13.4. The first-order valence-corrected chi connectivity index (χ1v) is 6.66. The first-order valence-electron chi connectivity index (χ1n) is 6.66. The van der Waals surface area contributed by atoms with Gasteiger partial charge < -0.3 is 9.94 Å². The van der Waals surface area contributed by atoms with Gasteiger partial charge in [-0.1, -0.05) is 13.8 Å². The van der Waals surface area contributed by atoms with Crippen LogP contribution in [-0.2, 0) is 9.68 Å². The Morgan fingerprint density at radius 3 is 2.21 bits per heavy atom. The lowest BCUT2D eigenvalue weighted by molar-refractivity contribution is -0.947. The zero-order chi connectivity index (χ0) is 15.1. The number of aliphatic hydroxyl groups is 1. The fourth-order valence-electron chi connectivity index (χ4n) is 1.25. The minimum Gasteiger partial charge on any atom is -0.396 e. The quantitative estimate of drug-likeness (QED) is 0.320. The molecule has 0 unspecified atom stereocenters. The molecule has 6 nitrogen and oxygen atoms in total. The van der Waals surface area contributed by atoms with E-state index in [1.54, 1.807) is 7.11 Å². The summed E-state index contributed by atoms with van der Waals surface area (Å²) in [6.45, 7) is 10.9. The second-order valence-corrected chi connectivity index (χ2v) is 6.47. The van der Waals surface area contributed by atoms with Gasteiger partial charge in [0.15, 0.2) is 7.11 Å². The Labute approximate surface area is 116 Å². The average Bonchev–Trinajstić information content (AvgIpc) is 2.32. The third-order valence-corrected chi connectivity index (χ3v) is 3.04. The molecule has 1 N–H and O–H groups in total. The van der Waals surface area contributed by atoms with Crippen LogP contribution < -0.4 is 0 Å². The molecule has 0 atom stereocenters. The normalized spacial score (nSPS) is 13.4. The third kappa shape index (κ3) is 7.20. The number of rotatable bonds is 8. The van der Waals surface area contributed by atoms with Crippen LogP contribution in [0.1, 0.15) is 47.5 Å². The molecular formula is C13H30N3O3+. The second kappa shape index (κ2) is 7.53. The molecule has 0 amide bonds. The summed E-state index contributed by atoms with van der Waals surface area (Å²) < 4.78 is 0. The highest BCUT2D eigenvalue weighted by molar-refractivity contribution is 4.66. The second-order valence-electron chi connectivity index (χ2n) is 6.47. The van der Waals surface area contributed by atoms with Crippen molar-refractivity contribution in [3.63, 3.8) is 0 Å². The van der Waals surface area contributed by atoms with E-state index in [1.165, 1.54) is 4.97 Å². The number of hydrazine groups is 1. The highest BCUT2D eigenvalue weighted by Gasteiger charge is 2.29. The first-order chi connectivity index (χ1) is 8.64. The fraction of sp³-hybridized carbons (Fsp3) is 1.00. The molecule has 0 fully saturated rings. The molecule has 114 valence electrons. The molecule has 0 spiro atoms. The van der Waals surface area contributed by atoms with Gasteiger partial charge in [-0.05, 0) is 39.0 Å². The van der Waals surface area contributed by atoms with Crippen molar-refractivity contribution in [1.82, 2.24) is 5.01 Å². The first kappa shape index (κ1) is 18.0. The van der Waals surface area contributed by atoms with Crippen LogP contribution in [0, 0.1) is 5.41 Å². The Balaban J connectivity index is 4.16. The maximum atomic E-state index is 9.14. The summed E-state index contributed by atoms with van der Waals surface area (Å²) in [6, 6.07) is 0. The van der Waals surface area contributed by atoms with Gasteiger partial charge in [-0.3, -0.25) is 0 Å². The molecule has 0 saturated heterocycles. The summed E-state index contributed by atoms with van der Waals surface area (Å²) in [4.78, 5) is 11.7. The Hall–Kier alpha value is -1.04. The summed E-state index contributed by atoms with van der Waals surface area (Å²) in [6.07, 6.45) is 1.73. The van der Waals surface area contributed by atoms with E-state index in [0.29, 0.717) is 6.61 Å². The van der Waals surface area contributed by atoms with Crippen LogP contribution >= 0.6 is 0 Å². The molecule has 0 aliphatic rings. The molecule has 0 aromatic rings. The molecule has 6 heteroatoms. The van der Waals surface area contributed by atoms with Gasteiger partial charge >= 0.3 is 0 Å². The highest BCUT2D eigenvalue weighted by Crippen LogP contribution is 2.20. The van der Waals surface area contributed by atoms with Crippen LogP contribution in [0.25, 0.3) is 0 Å². The van der Waals surface area contributed by atoms with Gasteiger partial charge in [-0.2, -0.15) is 0 Å². The van der Waals surface area contributed by atoms with Crippen molar-refractivity contribution >= 4 is 0 Å². The van der Waals surface area contributed by atoms with E-state index < -0.39 is 0 Å². The van der Waals surface area contributed by atoms with E-state index in [9.17, 15) is 0 Å². The van der Waals surface area contributed by atoms with Crippen LogP contribution in [0.3, 0.4) is 0 Å². The lowest BCUT2D eigenvalue weighted by atomic mass is 9.89. The SMILES string of the molecule is CO/[N+](=N\OCCCC(C)(C)CO)N(C)C(C)(C)C. The number of aliphatic hydroxyl groups excluding tert-OH is 1. The van der Waals surface area contributed by atoms with E-state index in [1.807, 2.05) is 25.9 Å². The molecule has 0 bridgehead atoms. The Bertz CT molecular complexity index is 285. The minimum atomic E-state index is -0.109. The maximum Gasteiger partial charge on any atom is 0.274 e. The zero-order valence-electron chi connectivity index (χ0n) is 13.4. The van der Waals surface area contributed by atoms with Crippen LogP contribution in [0.2, 0.25) is 0 Å². The van der Waals surface area contributed by atoms with Gasteiger partial charge in [-0.15, -0.1) is 5.01 Å². The number of hydrogen-bond donors (Lipinski definition) is 1. The van der Waals surface area contributed by atoms with Gasteiger partial charge in [-0.25, -0.2) is 4.84 Å². The van der Waals surface area contributed by atoms with E-state index in [0.717, 1.165) is 12.8 Å². The van der Waals surface area contributed by atoms with Crippen LogP contribution in [0.4, 0.5) is 0 Å². The van der Waals surface area contributed by atoms with Gasteiger partial charge in [0.05, 0.1) is 12.6 Å². The standard InChI is InChI=1S/C13H30N3O3/c1-12(2,3)15(6)16(18-7)14-19-10-8-9-13(4,5)11-17/h17H,8-11H2,1-7H3/q+1/b16-14-. The Morgan fingerprint density at radius 1 is 1.21 bits per heavy atom. The van der Waals surface area contributed by atoms with E-state index >= 15 is 0 Å². The molecule has 0 aliphatic heterocycles. The lowest BCUT2D eigenvalue weighted by Crippen LogP contribution is -2.44. The van der Waals surface area contributed by atoms with Gasteiger partial charge in [0.25, 0.3) is 10.2 Å². The van der Waals surface area contributed by atoms with E-state index in [-0.39, 0.29) is 17.6 Å².